The Morgan fingerprint density at radius 2 is 2.06 bits per heavy atom. The summed E-state index contributed by atoms with van der Waals surface area (Å²) in [6.07, 6.45) is 7.07. The number of rotatable bonds is 5. The monoisotopic (exact) mass is 254 g/mol. The van der Waals surface area contributed by atoms with E-state index < -0.39 is 0 Å². The van der Waals surface area contributed by atoms with Gasteiger partial charge in [0.25, 0.3) is 0 Å². The van der Waals surface area contributed by atoms with Crippen LogP contribution >= 0.6 is 0 Å². The largest absolute Gasteiger partial charge is 0.391 e. The summed E-state index contributed by atoms with van der Waals surface area (Å²) in [5.74, 6) is 0.762. The molecule has 2 rings (SSSR count). The van der Waals surface area contributed by atoms with Gasteiger partial charge < -0.3 is 10.4 Å². The van der Waals surface area contributed by atoms with E-state index in [0.29, 0.717) is 12.1 Å². The molecule has 1 aliphatic carbocycles. The van der Waals surface area contributed by atoms with E-state index in [-0.39, 0.29) is 6.10 Å². The Labute approximate surface area is 112 Å². The zero-order valence-corrected chi connectivity index (χ0v) is 12.1. The second kappa shape index (κ2) is 6.88. The lowest BCUT2D eigenvalue weighted by atomic mass is 9.88. The lowest BCUT2D eigenvalue weighted by Crippen LogP contribution is -2.53. The fourth-order valence-corrected chi connectivity index (χ4v) is 3.72. The van der Waals surface area contributed by atoms with Crippen LogP contribution in [0.5, 0.6) is 0 Å². The molecule has 4 unspecified atom stereocenters. The second-order valence-electron chi connectivity index (χ2n) is 6.08. The third kappa shape index (κ3) is 3.25. The zero-order chi connectivity index (χ0) is 13.0. The Balaban J connectivity index is 1.87. The molecule has 0 aromatic rings. The van der Waals surface area contributed by atoms with Crippen LogP contribution in [0.2, 0.25) is 0 Å². The van der Waals surface area contributed by atoms with Gasteiger partial charge in [0.15, 0.2) is 0 Å². The fourth-order valence-electron chi connectivity index (χ4n) is 3.72. The van der Waals surface area contributed by atoms with Gasteiger partial charge in [0, 0.05) is 25.2 Å². The van der Waals surface area contributed by atoms with Gasteiger partial charge in [-0.25, -0.2) is 0 Å². The molecule has 0 spiro atoms. The van der Waals surface area contributed by atoms with Crippen molar-refractivity contribution in [2.75, 3.05) is 19.6 Å². The minimum Gasteiger partial charge on any atom is -0.391 e. The van der Waals surface area contributed by atoms with E-state index in [1.807, 2.05) is 0 Å². The predicted octanol–water partition coefficient (Wildman–Crippen LogP) is 2.00. The summed E-state index contributed by atoms with van der Waals surface area (Å²) in [4.78, 5) is 2.57. The van der Waals surface area contributed by atoms with Crippen LogP contribution in [0, 0.1) is 5.92 Å². The lowest BCUT2D eigenvalue weighted by molar-refractivity contribution is 0.0318. The Morgan fingerprint density at radius 3 is 2.67 bits per heavy atom. The molecule has 0 aromatic carbocycles. The molecule has 3 nitrogen and oxygen atoms in total. The Kier molecular flexibility index (Phi) is 5.46. The molecular formula is C15H30N2O. The van der Waals surface area contributed by atoms with Crippen molar-refractivity contribution in [3.8, 4) is 0 Å². The van der Waals surface area contributed by atoms with Gasteiger partial charge in [-0.05, 0) is 44.6 Å². The summed E-state index contributed by atoms with van der Waals surface area (Å²) in [5, 5.41) is 13.8. The first kappa shape index (κ1) is 14.3. The van der Waals surface area contributed by atoms with Gasteiger partial charge in [0.2, 0.25) is 0 Å². The fraction of sp³-hybridized carbons (Fsp3) is 1.00. The first-order valence-electron chi connectivity index (χ1n) is 7.91. The first-order chi connectivity index (χ1) is 8.76. The van der Waals surface area contributed by atoms with Crippen LogP contribution in [-0.4, -0.2) is 47.8 Å². The summed E-state index contributed by atoms with van der Waals surface area (Å²) >= 11 is 0. The quantitative estimate of drug-likeness (QED) is 0.788. The maximum atomic E-state index is 10.1. The van der Waals surface area contributed by atoms with Crippen molar-refractivity contribution in [1.29, 1.82) is 0 Å². The van der Waals surface area contributed by atoms with Gasteiger partial charge in [-0.3, -0.25) is 4.90 Å². The third-order valence-corrected chi connectivity index (χ3v) is 4.86. The summed E-state index contributed by atoms with van der Waals surface area (Å²) < 4.78 is 0. The van der Waals surface area contributed by atoms with Crippen molar-refractivity contribution in [2.24, 2.45) is 5.92 Å². The number of nitrogens with zero attached hydrogens (tertiary/aromatic N) is 1. The summed E-state index contributed by atoms with van der Waals surface area (Å²) in [6, 6.07) is 1.15. The van der Waals surface area contributed by atoms with Gasteiger partial charge in [0.1, 0.15) is 0 Å². The topological polar surface area (TPSA) is 35.5 Å². The SMILES string of the molecule is CCCNC1CCN(C2CCCC2O)CC1CC. The van der Waals surface area contributed by atoms with E-state index in [4.69, 9.17) is 0 Å². The maximum absolute atomic E-state index is 10.1. The van der Waals surface area contributed by atoms with E-state index >= 15 is 0 Å². The number of hydrogen-bond acceptors (Lipinski definition) is 3. The molecule has 2 N–H and O–H groups in total. The van der Waals surface area contributed by atoms with Gasteiger partial charge in [-0.1, -0.05) is 20.3 Å². The van der Waals surface area contributed by atoms with Crippen LogP contribution in [0.15, 0.2) is 0 Å². The average Bonchev–Trinajstić information content (AvgIpc) is 2.82. The molecule has 4 atom stereocenters. The molecule has 0 radical (unpaired) electrons. The van der Waals surface area contributed by atoms with Crippen LogP contribution in [-0.2, 0) is 0 Å². The van der Waals surface area contributed by atoms with Crippen LogP contribution in [0.25, 0.3) is 0 Å². The van der Waals surface area contributed by atoms with E-state index in [1.165, 1.54) is 45.2 Å². The van der Waals surface area contributed by atoms with Crippen LogP contribution in [0.1, 0.15) is 52.4 Å². The highest BCUT2D eigenvalue weighted by Crippen LogP contribution is 2.29. The lowest BCUT2D eigenvalue weighted by Gasteiger charge is -2.42. The van der Waals surface area contributed by atoms with Gasteiger partial charge >= 0.3 is 0 Å². The van der Waals surface area contributed by atoms with Gasteiger partial charge in [-0.15, -0.1) is 0 Å². The zero-order valence-electron chi connectivity index (χ0n) is 12.1. The molecule has 1 saturated heterocycles. The first-order valence-corrected chi connectivity index (χ1v) is 7.91. The minimum atomic E-state index is -0.0670. The Bertz CT molecular complexity index is 247. The standard InChI is InChI=1S/C15H30N2O/c1-3-9-16-13-8-10-17(11-12(13)4-2)14-6-5-7-15(14)18/h12-16,18H,3-11H2,1-2H3. The van der Waals surface area contributed by atoms with Gasteiger partial charge in [-0.2, -0.15) is 0 Å². The van der Waals surface area contributed by atoms with E-state index in [0.717, 1.165) is 18.9 Å². The molecule has 0 aromatic heterocycles. The van der Waals surface area contributed by atoms with Crippen molar-refractivity contribution >= 4 is 0 Å². The molecule has 3 heteroatoms. The van der Waals surface area contributed by atoms with Crippen molar-refractivity contribution < 1.29 is 5.11 Å². The second-order valence-corrected chi connectivity index (χ2v) is 6.08. The number of likely N-dealkylation sites (tertiary alicyclic amines) is 1. The molecule has 0 amide bonds. The molecular weight excluding hydrogens is 224 g/mol. The molecule has 18 heavy (non-hydrogen) atoms. The van der Waals surface area contributed by atoms with Crippen LogP contribution in [0.4, 0.5) is 0 Å². The Hall–Kier alpha value is -0.120. The molecule has 1 saturated carbocycles. The number of aliphatic hydroxyl groups is 1. The van der Waals surface area contributed by atoms with Crippen molar-refractivity contribution in [3.05, 3.63) is 0 Å². The van der Waals surface area contributed by atoms with Crippen LogP contribution in [0.3, 0.4) is 0 Å². The normalized spacial score (nSPS) is 38.2. The highest BCUT2D eigenvalue weighted by molar-refractivity contribution is 4.92. The third-order valence-electron chi connectivity index (χ3n) is 4.86. The summed E-state index contributed by atoms with van der Waals surface area (Å²) in [6.45, 7) is 8.03. The number of hydrogen-bond donors (Lipinski definition) is 2. The maximum Gasteiger partial charge on any atom is 0.0695 e. The van der Waals surface area contributed by atoms with Gasteiger partial charge in [0.05, 0.1) is 6.10 Å². The minimum absolute atomic E-state index is 0.0670. The number of piperidine rings is 1. The highest BCUT2D eigenvalue weighted by atomic mass is 16.3. The van der Waals surface area contributed by atoms with E-state index in [9.17, 15) is 5.11 Å². The summed E-state index contributed by atoms with van der Waals surface area (Å²) in [7, 11) is 0. The molecule has 0 bridgehead atoms. The van der Waals surface area contributed by atoms with Crippen LogP contribution < -0.4 is 5.32 Å². The molecule has 106 valence electrons. The van der Waals surface area contributed by atoms with E-state index in [2.05, 4.69) is 24.1 Å². The smallest absolute Gasteiger partial charge is 0.0695 e. The number of aliphatic hydroxyl groups excluding tert-OH is 1. The highest BCUT2D eigenvalue weighted by Gasteiger charge is 2.36. The average molecular weight is 254 g/mol. The predicted molar refractivity (Wildman–Crippen MR) is 75.7 cm³/mol. The van der Waals surface area contributed by atoms with Crippen molar-refractivity contribution in [2.45, 2.75) is 70.6 Å². The van der Waals surface area contributed by atoms with Crippen molar-refractivity contribution in [3.63, 3.8) is 0 Å². The Morgan fingerprint density at radius 1 is 1.22 bits per heavy atom. The van der Waals surface area contributed by atoms with E-state index in [1.54, 1.807) is 0 Å². The summed E-state index contributed by atoms with van der Waals surface area (Å²) in [5.41, 5.74) is 0. The molecule has 2 fully saturated rings. The van der Waals surface area contributed by atoms with Crippen molar-refractivity contribution in [1.82, 2.24) is 10.2 Å². The molecule has 1 heterocycles. The molecule has 1 aliphatic heterocycles. The molecule has 2 aliphatic rings. The number of nitrogens with one attached hydrogen (secondary N) is 1.